The molecule has 1 saturated heterocycles. The van der Waals surface area contributed by atoms with Crippen LogP contribution in [-0.2, 0) is 11.3 Å². The first-order chi connectivity index (χ1) is 14.7. The highest BCUT2D eigenvalue weighted by Crippen LogP contribution is 2.20. The number of ether oxygens (including phenoxy) is 1. The Morgan fingerprint density at radius 2 is 1.81 bits per heavy atom. The van der Waals surface area contributed by atoms with Crippen LogP contribution in [0.5, 0.6) is 0 Å². The quantitative estimate of drug-likeness (QED) is 0.232. The molecule has 0 bridgehead atoms. The van der Waals surface area contributed by atoms with Crippen molar-refractivity contribution in [3.05, 3.63) is 54.0 Å². The molecular weight excluding hydrogens is 510 g/mol. The van der Waals surface area contributed by atoms with Gasteiger partial charge in [0.2, 0.25) is 0 Å². The van der Waals surface area contributed by atoms with Crippen LogP contribution in [0, 0.1) is 5.82 Å². The standard InChI is InChI=1S/C22H31FN6O.HI/c1-24-22(26-9-3-15-30-2)27-17-18-8-10-25-21(16-18)29-13-11-28(12-14-29)20-6-4-19(23)5-7-20;/h4-8,10,16H,3,9,11-15,17H2,1-2H3,(H2,24,26,27);1H. The summed E-state index contributed by atoms with van der Waals surface area (Å²) in [6.45, 7) is 5.74. The third kappa shape index (κ3) is 7.80. The van der Waals surface area contributed by atoms with Crippen LogP contribution in [-0.4, -0.2) is 64.4 Å². The number of hydrogen-bond donors (Lipinski definition) is 2. The van der Waals surface area contributed by atoms with Crippen molar-refractivity contribution in [2.75, 3.05) is 63.3 Å². The summed E-state index contributed by atoms with van der Waals surface area (Å²) in [6, 6.07) is 10.8. The maximum atomic E-state index is 13.1. The molecule has 1 fully saturated rings. The molecule has 170 valence electrons. The molecule has 0 amide bonds. The zero-order chi connectivity index (χ0) is 21.2. The maximum Gasteiger partial charge on any atom is 0.191 e. The second-order valence-electron chi connectivity index (χ2n) is 7.17. The molecule has 0 saturated carbocycles. The van der Waals surface area contributed by atoms with E-state index in [4.69, 9.17) is 4.74 Å². The lowest BCUT2D eigenvalue weighted by Gasteiger charge is -2.36. The van der Waals surface area contributed by atoms with Gasteiger partial charge in [-0.05, 0) is 48.4 Å². The van der Waals surface area contributed by atoms with E-state index in [0.29, 0.717) is 6.54 Å². The molecule has 9 heteroatoms. The summed E-state index contributed by atoms with van der Waals surface area (Å²) in [5.74, 6) is 1.56. The Labute approximate surface area is 201 Å². The third-order valence-corrected chi connectivity index (χ3v) is 5.11. The zero-order valence-electron chi connectivity index (χ0n) is 18.2. The summed E-state index contributed by atoms with van der Waals surface area (Å²) >= 11 is 0. The van der Waals surface area contributed by atoms with E-state index in [-0.39, 0.29) is 29.8 Å². The van der Waals surface area contributed by atoms with E-state index in [1.54, 1.807) is 14.2 Å². The number of methoxy groups -OCH3 is 1. The summed E-state index contributed by atoms with van der Waals surface area (Å²) in [5, 5.41) is 6.62. The maximum absolute atomic E-state index is 13.1. The molecule has 7 nitrogen and oxygen atoms in total. The van der Waals surface area contributed by atoms with Crippen molar-refractivity contribution in [3.8, 4) is 0 Å². The average Bonchev–Trinajstić information content (AvgIpc) is 2.79. The van der Waals surface area contributed by atoms with Crippen molar-refractivity contribution in [2.45, 2.75) is 13.0 Å². The predicted molar refractivity (Wildman–Crippen MR) is 135 cm³/mol. The lowest BCUT2D eigenvalue weighted by atomic mass is 10.2. The van der Waals surface area contributed by atoms with Gasteiger partial charge >= 0.3 is 0 Å². The number of guanidine groups is 1. The van der Waals surface area contributed by atoms with Crippen molar-refractivity contribution in [2.24, 2.45) is 4.99 Å². The van der Waals surface area contributed by atoms with Gasteiger partial charge in [0, 0.05) is 71.9 Å². The molecule has 0 unspecified atom stereocenters. The predicted octanol–water partition coefficient (Wildman–Crippen LogP) is 2.87. The van der Waals surface area contributed by atoms with E-state index in [9.17, 15) is 4.39 Å². The first-order valence-corrected chi connectivity index (χ1v) is 10.3. The Morgan fingerprint density at radius 1 is 1.10 bits per heavy atom. The zero-order valence-corrected chi connectivity index (χ0v) is 20.5. The van der Waals surface area contributed by atoms with Gasteiger partial charge in [-0.2, -0.15) is 0 Å². The molecule has 1 aromatic heterocycles. The SMILES string of the molecule is CN=C(NCCCOC)NCc1ccnc(N2CCN(c3ccc(F)cc3)CC2)c1.I. The summed E-state index contributed by atoms with van der Waals surface area (Å²) in [5.41, 5.74) is 2.21. The van der Waals surface area contributed by atoms with Gasteiger partial charge in [0.25, 0.3) is 0 Å². The van der Waals surface area contributed by atoms with Gasteiger partial charge < -0.3 is 25.2 Å². The Bertz CT molecular complexity index is 812. The molecule has 31 heavy (non-hydrogen) atoms. The number of rotatable bonds is 8. The molecule has 0 radical (unpaired) electrons. The van der Waals surface area contributed by atoms with E-state index in [2.05, 4.69) is 36.5 Å². The van der Waals surface area contributed by atoms with E-state index < -0.39 is 0 Å². The molecule has 2 heterocycles. The van der Waals surface area contributed by atoms with Crippen LogP contribution in [0.1, 0.15) is 12.0 Å². The fourth-order valence-electron chi connectivity index (χ4n) is 3.42. The highest BCUT2D eigenvalue weighted by Gasteiger charge is 2.18. The number of benzene rings is 1. The van der Waals surface area contributed by atoms with Gasteiger partial charge in [-0.25, -0.2) is 9.37 Å². The van der Waals surface area contributed by atoms with Crippen molar-refractivity contribution in [1.82, 2.24) is 15.6 Å². The number of nitrogens with zero attached hydrogens (tertiary/aromatic N) is 4. The van der Waals surface area contributed by atoms with Crippen molar-refractivity contribution in [1.29, 1.82) is 0 Å². The summed E-state index contributed by atoms with van der Waals surface area (Å²) in [7, 11) is 3.47. The van der Waals surface area contributed by atoms with Crippen LogP contribution < -0.4 is 20.4 Å². The van der Waals surface area contributed by atoms with Crippen LogP contribution in [0.4, 0.5) is 15.9 Å². The van der Waals surface area contributed by atoms with Crippen molar-refractivity contribution >= 4 is 41.4 Å². The Balaban J connectivity index is 0.00000341. The van der Waals surface area contributed by atoms with Gasteiger partial charge in [-0.1, -0.05) is 0 Å². The van der Waals surface area contributed by atoms with Crippen LogP contribution in [0.3, 0.4) is 0 Å². The first-order valence-electron chi connectivity index (χ1n) is 10.3. The number of hydrogen-bond acceptors (Lipinski definition) is 5. The lowest BCUT2D eigenvalue weighted by molar-refractivity contribution is 0.195. The first kappa shape index (κ1) is 25.1. The van der Waals surface area contributed by atoms with Gasteiger partial charge in [0.05, 0.1) is 0 Å². The highest BCUT2D eigenvalue weighted by molar-refractivity contribution is 14.0. The molecule has 0 aliphatic carbocycles. The number of aliphatic imine (C=N–C) groups is 1. The number of pyridine rings is 1. The van der Waals surface area contributed by atoms with Crippen LogP contribution in [0.15, 0.2) is 47.6 Å². The number of aromatic nitrogens is 1. The number of piperazine rings is 1. The van der Waals surface area contributed by atoms with E-state index in [1.807, 2.05) is 24.4 Å². The van der Waals surface area contributed by atoms with Gasteiger partial charge in [-0.15, -0.1) is 24.0 Å². The average molecular weight is 542 g/mol. The van der Waals surface area contributed by atoms with Crippen molar-refractivity contribution in [3.63, 3.8) is 0 Å². The molecule has 1 aromatic carbocycles. The van der Waals surface area contributed by atoms with Gasteiger partial charge in [-0.3, -0.25) is 4.99 Å². The minimum atomic E-state index is -0.200. The Morgan fingerprint density at radius 3 is 2.48 bits per heavy atom. The molecule has 0 spiro atoms. The van der Waals surface area contributed by atoms with Gasteiger partial charge in [0.15, 0.2) is 5.96 Å². The fraction of sp³-hybridized carbons (Fsp3) is 0.455. The van der Waals surface area contributed by atoms with Crippen molar-refractivity contribution < 1.29 is 9.13 Å². The van der Waals surface area contributed by atoms with E-state index >= 15 is 0 Å². The highest BCUT2D eigenvalue weighted by atomic mass is 127. The largest absolute Gasteiger partial charge is 0.385 e. The molecule has 2 N–H and O–H groups in total. The lowest BCUT2D eigenvalue weighted by Crippen LogP contribution is -2.46. The topological polar surface area (TPSA) is 65.0 Å². The Kier molecular flexibility index (Phi) is 10.8. The summed E-state index contributed by atoms with van der Waals surface area (Å²) in [6.07, 6.45) is 2.79. The Hall–Kier alpha value is -2.14. The molecule has 0 atom stereocenters. The second kappa shape index (κ2) is 13.3. The molecule has 2 aromatic rings. The number of anilines is 2. The number of nitrogens with one attached hydrogen (secondary N) is 2. The molecule has 1 aliphatic heterocycles. The van der Waals surface area contributed by atoms with Gasteiger partial charge in [0.1, 0.15) is 11.6 Å². The van der Waals surface area contributed by atoms with E-state index in [0.717, 1.165) is 68.8 Å². The van der Waals surface area contributed by atoms with Crippen LogP contribution >= 0.6 is 24.0 Å². The number of halogens is 2. The van der Waals surface area contributed by atoms with E-state index in [1.165, 1.54) is 12.1 Å². The second-order valence-corrected chi connectivity index (χ2v) is 7.17. The molecule has 3 rings (SSSR count). The minimum Gasteiger partial charge on any atom is -0.385 e. The minimum absolute atomic E-state index is 0. The van der Waals surface area contributed by atoms with Crippen LogP contribution in [0.2, 0.25) is 0 Å². The molecule has 1 aliphatic rings. The monoisotopic (exact) mass is 542 g/mol. The summed E-state index contributed by atoms with van der Waals surface area (Å²) < 4.78 is 18.2. The smallest absolute Gasteiger partial charge is 0.191 e. The molecular formula is C22H32FIN6O. The third-order valence-electron chi connectivity index (χ3n) is 5.11. The van der Waals surface area contributed by atoms with Crippen LogP contribution in [0.25, 0.3) is 0 Å². The summed E-state index contributed by atoms with van der Waals surface area (Å²) in [4.78, 5) is 13.4. The normalized spacial score (nSPS) is 14.2. The fourth-order valence-corrected chi connectivity index (χ4v) is 3.42.